The normalized spacial score (nSPS) is 11.0. The number of nitriles is 1. The Kier molecular flexibility index (Phi) is 6.60. The minimum absolute atomic E-state index is 0.0298. The number of hydrogen-bond acceptors (Lipinski definition) is 3. The first kappa shape index (κ1) is 20.9. The van der Waals surface area contributed by atoms with Crippen LogP contribution in [0.4, 0.5) is 0 Å². The molecule has 0 fully saturated rings. The second kappa shape index (κ2) is 10.1. The highest BCUT2D eigenvalue weighted by molar-refractivity contribution is 6.01. The molecule has 0 unspecified atom stereocenters. The molecular weight excluding hydrogens is 396 g/mol. The third-order valence-electron chi connectivity index (χ3n) is 5.14. The van der Waals surface area contributed by atoms with E-state index in [1.54, 1.807) is 6.08 Å². The Morgan fingerprint density at radius 1 is 0.875 bits per heavy atom. The van der Waals surface area contributed by atoms with Crippen LogP contribution in [-0.4, -0.2) is 5.91 Å². The minimum Gasteiger partial charge on any atom is -0.488 e. The minimum atomic E-state index is -0.416. The highest BCUT2D eigenvalue weighted by Gasteiger charge is 2.11. The summed E-state index contributed by atoms with van der Waals surface area (Å²) in [5, 5.41) is 14.6. The van der Waals surface area contributed by atoms with Crippen LogP contribution in [0.5, 0.6) is 5.75 Å². The number of nitrogens with zero attached hydrogens (tertiary/aromatic N) is 1. The maximum absolute atomic E-state index is 12.5. The van der Waals surface area contributed by atoms with Crippen molar-refractivity contribution in [2.75, 3.05) is 0 Å². The Morgan fingerprint density at radius 3 is 2.44 bits per heavy atom. The summed E-state index contributed by atoms with van der Waals surface area (Å²) in [4.78, 5) is 12.5. The number of benzene rings is 4. The van der Waals surface area contributed by atoms with E-state index >= 15 is 0 Å². The molecule has 4 rings (SSSR count). The van der Waals surface area contributed by atoms with Crippen molar-refractivity contribution in [2.45, 2.75) is 13.2 Å². The lowest BCUT2D eigenvalue weighted by Crippen LogP contribution is -2.23. The van der Waals surface area contributed by atoms with E-state index in [2.05, 4.69) is 23.5 Å². The van der Waals surface area contributed by atoms with Crippen molar-refractivity contribution in [1.29, 1.82) is 5.26 Å². The molecule has 4 nitrogen and oxygen atoms in total. The molecule has 0 radical (unpaired) electrons. The fourth-order valence-electron chi connectivity index (χ4n) is 3.48. The number of nitrogens with one attached hydrogen (secondary N) is 1. The number of ether oxygens (including phenoxy) is 1. The molecule has 0 spiro atoms. The van der Waals surface area contributed by atoms with Gasteiger partial charge < -0.3 is 10.1 Å². The van der Waals surface area contributed by atoms with Gasteiger partial charge in [0.05, 0.1) is 0 Å². The molecule has 0 aliphatic rings. The zero-order chi connectivity index (χ0) is 22.2. The molecule has 4 aromatic carbocycles. The Labute approximate surface area is 187 Å². The number of hydrogen-bond donors (Lipinski definition) is 1. The van der Waals surface area contributed by atoms with Gasteiger partial charge in [-0.25, -0.2) is 0 Å². The standard InChI is InChI=1S/C28H22N2O2/c29-18-25(28(31)30-19-21-9-2-1-3-10-21)17-23-12-5-7-16-27(23)32-20-24-14-8-13-22-11-4-6-15-26(22)24/h1-17H,19-20H2,(H,30,31)/b25-17+. The van der Waals surface area contributed by atoms with Crippen LogP contribution < -0.4 is 10.1 Å². The number of carbonyl (C=O) groups is 1. The van der Waals surface area contributed by atoms with Crippen molar-refractivity contribution < 1.29 is 9.53 Å². The van der Waals surface area contributed by atoms with Crippen molar-refractivity contribution in [3.63, 3.8) is 0 Å². The third-order valence-corrected chi connectivity index (χ3v) is 5.14. The average Bonchev–Trinajstić information content (AvgIpc) is 2.85. The molecule has 0 bridgehead atoms. The summed E-state index contributed by atoms with van der Waals surface area (Å²) in [5.74, 6) is 0.198. The van der Waals surface area contributed by atoms with Gasteiger partial charge in [-0.15, -0.1) is 0 Å². The topological polar surface area (TPSA) is 62.1 Å². The Morgan fingerprint density at radius 2 is 1.59 bits per heavy atom. The van der Waals surface area contributed by atoms with Crippen LogP contribution in [0.2, 0.25) is 0 Å². The molecule has 0 heterocycles. The van der Waals surface area contributed by atoms with Crippen molar-refractivity contribution in [2.24, 2.45) is 0 Å². The number of para-hydroxylation sites is 1. The van der Waals surface area contributed by atoms with Crippen molar-refractivity contribution >= 4 is 22.8 Å². The van der Waals surface area contributed by atoms with Gasteiger partial charge in [-0.2, -0.15) is 5.26 Å². The first-order valence-corrected chi connectivity index (χ1v) is 10.4. The molecule has 156 valence electrons. The van der Waals surface area contributed by atoms with E-state index in [1.165, 1.54) is 0 Å². The summed E-state index contributed by atoms with van der Waals surface area (Å²) >= 11 is 0. The highest BCUT2D eigenvalue weighted by atomic mass is 16.5. The average molecular weight is 418 g/mol. The summed E-state index contributed by atoms with van der Waals surface area (Å²) in [5.41, 5.74) is 2.75. The molecule has 0 aliphatic heterocycles. The van der Waals surface area contributed by atoms with Gasteiger partial charge in [-0.05, 0) is 34.0 Å². The Balaban J connectivity index is 1.51. The zero-order valence-corrected chi connectivity index (χ0v) is 17.5. The van der Waals surface area contributed by atoms with E-state index in [0.717, 1.165) is 21.9 Å². The molecule has 0 saturated carbocycles. The molecule has 1 N–H and O–H groups in total. The summed E-state index contributed by atoms with van der Waals surface area (Å²) in [6.45, 7) is 0.742. The quantitative estimate of drug-likeness (QED) is 0.312. The number of fused-ring (bicyclic) bond motifs is 1. The molecule has 4 heteroatoms. The predicted octanol–water partition coefficient (Wildman–Crippen LogP) is 5.64. The molecule has 0 aromatic heterocycles. The van der Waals surface area contributed by atoms with Gasteiger partial charge >= 0.3 is 0 Å². The van der Waals surface area contributed by atoms with E-state index < -0.39 is 5.91 Å². The SMILES string of the molecule is N#C/C(=C\c1ccccc1OCc1cccc2ccccc12)C(=O)NCc1ccccc1. The number of rotatable bonds is 7. The van der Waals surface area contributed by atoms with Crippen molar-refractivity contribution in [3.8, 4) is 11.8 Å². The maximum Gasteiger partial charge on any atom is 0.262 e. The van der Waals surface area contributed by atoms with Crippen LogP contribution in [0.3, 0.4) is 0 Å². The fourth-order valence-corrected chi connectivity index (χ4v) is 3.48. The second-order valence-corrected chi connectivity index (χ2v) is 7.30. The van der Waals surface area contributed by atoms with Gasteiger partial charge in [0.25, 0.3) is 5.91 Å². The maximum atomic E-state index is 12.5. The summed E-state index contributed by atoms with van der Waals surface area (Å²) in [7, 11) is 0. The van der Waals surface area contributed by atoms with E-state index in [-0.39, 0.29) is 5.57 Å². The van der Waals surface area contributed by atoms with E-state index in [9.17, 15) is 10.1 Å². The summed E-state index contributed by atoms with van der Waals surface area (Å²) in [6.07, 6.45) is 1.57. The second-order valence-electron chi connectivity index (χ2n) is 7.30. The molecule has 32 heavy (non-hydrogen) atoms. The van der Waals surface area contributed by atoms with Gasteiger partial charge in [0.15, 0.2) is 0 Å². The van der Waals surface area contributed by atoms with Gasteiger partial charge in [-0.1, -0.05) is 91.0 Å². The Hall–Kier alpha value is -4.36. The number of carbonyl (C=O) groups excluding carboxylic acids is 1. The molecule has 1 amide bonds. The lowest BCUT2D eigenvalue weighted by Gasteiger charge is -2.12. The Bertz CT molecular complexity index is 1300. The highest BCUT2D eigenvalue weighted by Crippen LogP contribution is 2.24. The molecule has 4 aromatic rings. The summed E-state index contributed by atoms with van der Waals surface area (Å²) < 4.78 is 6.10. The van der Waals surface area contributed by atoms with Gasteiger partial charge in [0, 0.05) is 12.1 Å². The number of amides is 1. The zero-order valence-electron chi connectivity index (χ0n) is 17.5. The lowest BCUT2D eigenvalue weighted by molar-refractivity contribution is -0.117. The van der Waals surface area contributed by atoms with E-state index in [1.807, 2.05) is 84.9 Å². The van der Waals surface area contributed by atoms with Crippen LogP contribution in [-0.2, 0) is 17.9 Å². The third kappa shape index (κ3) is 5.03. The molecular formula is C28H22N2O2. The van der Waals surface area contributed by atoms with Gasteiger partial charge in [0.2, 0.25) is 0 Å². The van der Waals surface area contributed by atoms with Crippen molar-refractivity contribution in [3.05, 3.63) is 119 Å². The molecule has 0 saturated heterocycles. The first-order chi connectivity index (χ1) is 15.7. The van der Waals surface area contributed by atoms with E-state index in [4.69, 9.17) is 4.74 Å². The molecule has 0 atom stereocenters. The summed E-state index contributed by atoms with van der Waals surface area (Å²) in [6, 6.07) is 33.3. The van der Waals surface area contributed by atoms with Gasteiger partial charge in [0.1, 0.15) is 24.0 Å². The van der Waals surface area contributed by atoms with Crippen LogP contribution >= 0.6 is 0 Å². The molecule has 0 aliphatic carbocycles. The van der Waals surface area contributed by atoms with Crippen LogP contribution in [0.25, 0.3) is 16.8 Å². The van der Waals surface area contributed by atoms with Crippen molar-refractivity contribution in [1.82, 2.24) is 5.32 Å². The van der Waals surface area contributed by atoms with Crippen LogP contribution in [0.15, 0.2) is 103 Å². The predicted molar refractivity (Wildman–Crippen MR) is 127 cm³/mol. The van der Waals surface area contributed by atoms with Crippen LogP contribution in [0.1, 0.15) is 16.7 Å². The monoisotopic (exact) mass is 418 g/mol. The lowest BCUT2D eigenvalue weighted by atomic mass is 10.1. The van der Waals surface area contributed by atoms with E-state index in [0.29, 0.717) is 24.5 Å². The fraction of sp³-hybridized carbons (Fsp3) is 0.0714. The smallest absolute Gasteiger partial charge is 0.262 e. The van der Waals surface area contributed by atoms with Gasteiger partial charge in [-0.3, -0.25) is 4.79 Å². The van der Waals surface area contributed by atoms with Crippen LogP contribution in [0, 0.1) is 11.3 Å². The first-order valence-electron chi connectivity index (χ1n) is 10.4. The largest absolute Gasteiger partial charge is 0.488 e.